The van der Waals surface area contributed by atoms with Crippen LogP contribution in [0, 0.1) is 6.92 Å². The van der Waals surface area contributed by atoms with Crippen LogP contribution in [0.1, 0.15) is 33.2 Å². The van der Waals surface area contributed by atoms with Crippen molar-refractivity contribution in [3.63, 3.8) is 0 Å². The van der Waals surface area contributed by atoms with Gasteiger partial charge in [-0.05, 0) is 48.4 Å². The Labute approximate surface area is 174 Å². The Bertz CT molecular complexity index is 1040. The van der Waals surface area contributed by atoms with Crippen molar-refractivity contribution in [2.75, 3.05) is 13.7 Å². The molecule has 0 fully saturated rings. The molecule has 3 aromatic rings. The van der Waals surface area contributed by atoms with Crippen LogP contribution in [0.4, 0.5) is 0 Å². The molecular formula is C23H21ClN2O3. The first-order valence-electron chi connectivity index (χ1n) is 9.35. The molecule has 0 bridgehead atoms. The van der Waals surface area contributed by atoms with Gasteiger partial charge in [-0.2, -0.15) is 0 Å². The van der Waals surface area contributed by atoms with Crippen LogP contribution >= 0.6 is 11.6 Å². The minimum Gasteiger partial charge on any atom is -0.497 e. The van der Waals surface area contributed by atoms with Gasteiger partial charge in [0.15, 0.2) is 0 Å². The first-order chi connectivity index (χ1) is 14.0. The first-order valence-corrected chi connectivity index (χ1v) is 9.73. The highest BCUT2D eigenvalue weighted by molar-refractivity contribution is 6.31. The molecule has 1 unspecified atom stereocenters. The molecule has 1 amide bonds. The fourth-order valence-electron chi connectivity index (χ4n) is 3.50. The molecule has 2 aromatic carbocycles. The summed E-state index contributed by atoms with van der Waals surface area (Å²) in [7, 11) is 1.63. The van der Waals surface area contributed by atoms with Gasteiger partial charge in [0.2, 0.25) is 5.88 Å². The highest BCUT2D eigenvalue weighted by Crippen LogP contribution is 2.33. The predicted octanol–water partition coefficient (Wildman–Crippen LogP) is 4.83. The maximum absolute atomic E-state index is 13.1. The summed E-state index contributed by atoms with van der Waals surface area (Å²) in [6.07, 6.45) is 0. The molecule has 0 saturated carbocycles. The van der Waals surface area contributed by atoms with Gasteiger partial charge in [-0.3, -0.25) is 4.79 Å². The standard InChI is InChI=1S/C23H21ClN2O3/c1-15-4-3-5-22(25-15)29-14-21(16-7-10-19(28-2)11-8-16)26-13-17-6-9-18(24)12-20(17)23(26)27/h3-12,21H,13-14H2,1-2H3. The monoisotopic (exact) mass is 408 g/mol. The number of halogens is 1. The van der Waals surface area contributed by atoms with Crippen molar-refractivity contribution in [2.24, 2.45) is 0 Å². The number of nitrogens with zero attached hydrogens (tertiary/aromatic N) is 2. The predicted molar refractivity (Wildman–Crippen MR) is 112 cm³/mol. The largest absolute Gasteiger partial charge is 0.497 e. The molecule has 0 N–H and O–H groups in total. The molecule has 29 heavy (non-hydrogen) atoms. The summed E-state index contributed by atoms with van der Waals surface area (Å²) in [6, 6.07) is 18.5. The molecule has 148 valence electrons. The fourth-order valence-corrected chi connectivity index (χ4v) is 3.67. The third-order valence-electron chi connectivity index (χ3n) is 5.03. The van der Waals surface area contributed by atoms with E-state index in [0.29, 0.717) is 23.0 Å². The van der Waals surface area contributed by atoms with Crippen molar-refractivity contribution in [3.05, 3.63) is 88.1 Å². The van der Waals surface area contributed by atoms with Gasteiger partial charge >= 0.3 is 0 Å². The van der Waals surface area contributed by atoms with Gasteiger partial charge < -0.3 is 14.4 Å². The Morgan fingerprint density at radius 3 is 2.66 bits per heavy atom. The van der Waals surface area contributed by atoms with Gasteiger partial charge in [0.25, 0.3) is 5.91 Å². The number of amides is 1. The number of aromatic nitrogens is 1. The van der Waals surface area contributed by atoms with E-state index in [4.69, 9.17) is 21.1 Å². The quantitative estimate of drug-likeness (QED) is 0.586. The summed E-state index contributed by atoms with van der Waals surface area (Å²) >= 11 is 6.10. The number of pyridine rings is 1. The molecule has 2 heterocycles. The lowest BCUT2D eigenvalue weighted by molar-refractivity contribution is 0.0632. The van der Waals surface area contributed by atoms with E-state index in [2.05, 4.69) is 4.98 Å². The molecule has 1 aliphatic rings. The zero-order valence-electron chi connectivity index (χ0n) is 16.3. The molecular weight excluding hydrogens is 388 g/mol. The summed E-state index contributed by atoms with van der Waals surface area (Å²) in [4.78, 5) is 19.3. The molecule has 5 nitrogen and oxygen atoms in total. The Balaban J connectivity index is 1.63. The molecule has 0 radical (unpaired) electrons. The van der Waals surface area contributed by atoms with Gasteiger partial charge in [-0.1, -0.05) is 35.9 Å². The van der Waals surface area contributed by atoms with Crippen LogP contribution in [0.3, 0.4) is 0 Å². The number of carbonyl (C=O) groups is 1. The van der Waals surface area contributed by atoms with E-state index in [9.17, 15) is 4.79 Å². The third kappa shape index (κ3) is 4.05. The number of hydrogen-bond donors (Lipinski definition) is 0. The highest BCUT2D eigenvalue weighted by atomic mass is 35.5. The topological polar surface area (TPSA) is 51.7 Å². The summed E-state index contributed by atoms with van der Waals surface area (Å²) in [6.45, 7) is 2.71. The minimum absolute atomic E-state index is 0.0517. The van der Waals surface area contributed by atoms with Crippen LogP contribution in [0.15, 0.2) is 60.7 Å². The smallest absolute Gasteiger partial charge is 0.255 e. The highest BCUT2D eigenvalue weighted by Gasteiger charge is 2.34. The maximum atomic E-state index is 13.1. The average molecular weight is 409 g/mol. The average Bonchev–Trinajstić information content (AvgIpc) is 3.05. The van der Waals surface area contributed by atoms with Crippen LogP contribution in [-0.4, -0.2) is 29.5 Å². The van der Waals surface area contributed by atoms with E-state index < -0.39 is 0 Å². The SMILES string of the molecule is COc1ccc(C(COc2cccc(C)n2)N2Cc3ccc(Cl)cc3C2=O)cc1. The summed E-state index contributed by atoms with van der Waals surface area (Å²) < 4.78 is 11.2. The van der Waals surface area contributed by atoms with Gasteiger partial charge in [0, 0.05) is 28.9 Å². The van der Waals surface area contributed by atoms with Crippen molar-refractivity contribution < 1.29 is 14.3 Å². The van der Waals surface area contributed by atoms with Gasteiger partial charge in [-0.25, -0.2) is 4.98 Å². The zero-order valence-corrected chi connectivity index (χ0v) is 17.0. The second kappa shape index (κ2) is 8.13. The number of rotatable bonds is 6. The lowest BCUT2D eigenvalue weighted by Crippen LogP contribution is -2.33. The number of fused-ring (bicyclic) bond motifs is 1. The van der Waals surface area contributed by atoms with E-state index in [1.165, 1.54) is 0 Å². The summed E-state index contributed by atoms with van der Waals surface area (Å²) in [5.74, 6) is 1.25. The lowest BCUT2D eigenvalue weighted by Gasteiger charge is -2.28. The van der Waals surface area contributed by atoms with Crippen LogP contribution in [0.5, 0.6) is 11.6 Å². The lowest BCUT2D eigenvalue weighted by atomic mass is 10.1. The number of ether oxygens (including phenoxy) is 2. The summed E-state index contributed by atoms with van der Waals surface area (Å²) in [5, 5.41) is 0.556. The van der Waals surface area contributed by atoms with Crippen LogP contribution in [0.2, 0.25) is 5.02 Å². The van der Waals surface area contributed by atoms with Crippen molar-refractivity contribution in [1.82, 2.24) is 9.88 Å². The Morgan fingerprint density at radius 2 is 1.93 bits per heavy atom. The van der Waals surface area contributed by atoms with E-state index in [1.807, 2.05) is 66.4 Å². The number of aryl methyl sites for hydroxylation is 1. The van der Waals surface area contributed by atoms with E-state index >= 15 is 0 Å². The third-order valence-corrected chi connectivity index (χ3v) is 5.27. The number of hydrogen-bond acceptors (Lipinski definition) is 4. The Morgan fingerprint density at radius 1 is 1.14 bits per heavy atom. The van der Waals surface area contributed by atoms with Crippen molar-refractivity contribution >= 4 is 17.5 Å². The van der Waals surface area contributed by atoms with Crippen LogP contribution in [0.25, 0.3) is 0 Å². The van der Waals surface area contributed by atoms with E-state index in [-0.39, 0.29) is 18.6 Å². The molecule has 0 spiro atoms. The normalized spacial score (nSPS) is 13.9. The first kappa shape index (κ1) is 19.3. The minimum atomic E-state index is -0.276. The molecule has 1 aliphatic heterocycles. The van der Waals surface area contributed by atoms with Gasteiger partial charge in [0.05, 0.1) is 13.2 Å². The molecule has 0 aliphatic carbocycles. The van der Waals surface area contributed by atoms with Crippen molar-refractivity contribution in [1.29, 1.82) is 0 Å². The molecule has 0 saturated heterocycles. The maximum Gasteiger partial charge on any atom is 0.255 e. The zero-order chi connectivity index (χ0) is 20.4. The Hall–Kier alpha value is -3.05. The van der Waals surface area contributed by atoms with E-state index in [1.54, 1.807) is 13.2 Å². The van der Waals surface area contributed by atoms with Gasteiger partial charge in [0.1, 0.15) is 12.4 Å². The number of methoxy groups -OCH3 is 1. The molecule has 1 aromatic heterocycles. The second-order valence-corrected chi connectivity index (χ2v) is 7.39. The second-order valence-electron chi connectivity index (χ2n) is 6.95. The molecule has 1 atom stereocenters. The number of carbonyl (C=O) groups excluding carboxylic acids is 1. The molecule has 4 rings (SSSR count). The van der Waals surface area contributed by atoms with E-state index in [0.717, 1.165) is 22.6 Å². The van der Waals surface area contributed by atoms with Crippen molar-refractivity contribution in [3.8, 4) is 11.6 Å². The molecule has 6 heteroatoms. The summed E-state index contributed by atoms with van der Waals surface area (Å²) in [5.41, 5.74) is 3.45. The fraction of sp³-hybridized carbons (Fsp3) is 0.217. The van der Waals surface area contributed by atoms with Gasteiger partial charge in [-0.15, -0.1) is 0 Å². The van der Waals surface area contributed by atoms with Crippen LogP contribution < -0.4 is 9.47 Å². The number of benzene rings is 2. The van der Waals surface area contributed by atoms with Crippen molar-refractivity contribution in [2.45, 2.75) is 19.5 Å². The Kier molecular flexibility index (Phi) is 5.41. The van der Waals surface area contributed by atoms with Crippen LogP contribution in [-0.2, 0) is 6.54 Å².